The molecule has 0 amide bonds. The Morgan fingerprint density at radius 2 is 1.65 bits per heavy atom. The molecule has 0 fully saturated rings. The normalized spacial score (nSPS) is 14.7. The van der Waals surface area contributed by atoms with Gasteiger partial charge >= 0.3 is 6.18 Å². The van der Waals surface area contributed by atoms with E-state index < -0.39 is 27.5 Å². The van der Waals surface area contributed by atoms with Gasteiger partial charge in [0.05, 0.1) is 17.1 Å². The number of halogens is 3. The van der Waals surface area contributed by atoms with Crippen LogP contribution < -0.4 is 0 Å². The highest BCUT2D eigenvalue weighted by Gasteiger charge is 2.34. The van der Waals surface area contributed by atoms with E-state index in [1.54, 1.807) is 0 Å². The van der Waals surface area contributed by atoms with Crippen LogP contribution in [0.3, 0.4) is 0 Å². The maximum atomic E-state index is 13.0. The Morgan fingerprint density at radius 1 is 1.09 bits per heavy atom. The topological polar surface area (TPSA) is 34.1 Å². The Balaban J connectivity index is 2.82. The molecule has 1 aromatic carbocycles. The van der Waals surface area contributed by atoms with Gasteiger partial charge in [0.1, 0.15) is 0 Å². The lowest BCUT2D eigenvalue weighted by atomic mass is 9.91. The summed E-state index contributed by atoms with van der Waals surface area (Å²) >= 11 is 0. The molecule has 2 nitrogen and oxygen atoms in total. The van der Waals surface area contributed by atoms with Crippen molar-refractivity contribution < 1.29 is 21.6 Å². The summed E-state index contributed by atoms with van der Waals surface area (Å²) in [4.78, 5) is 0. The number of rotatable bonds is 6. The zero-order chi connectivity index (χ0) is 17.9. The zero-order valence-electron chi connectivity index (χ0n) is 14.1. The van der Waals surface area contributed by atoms with E-state index in [0.717, 1.165) is 12.5 Å². The summed E-state index contributed by atoms with van der Waals surface area (Å²) in [6.07, 6.45) is -3.18. The zero-order valence-corrected chi connectivity index (χ0v) is 14.9. The third kappa shape index (κ3) is 6.94. The van der Waals surface area contributed by atoms with Gasteiger partial charge in [-0.05, 0) is 35.8 Å². The molecule has 0 bridgehead atoms. The van der Waals surface area contributed by atoms with Crippen molar-refractivity contribution >= 4 is 9.84 Å². The second kappa shape index (κ2) is 7.24. The third-order valence-electron chi connectivity index (χ3n) is 3.68. The van der Waals surface area contributed by atoms with Crippen molar-refractivity contribution in [2.45, 2.75) is 52.6 Å². The minimum absolute atomic E-state index is 0.0167. The first kappa shape index (κ1) is 20.0. The lowest BCUT2D eigenvalue weighted by Crippen LogP contribution is -2.20. The minimum atomic E-state index is -4.47. The standard InChI is InChI=1S/C17H25F3O2S/c1-13(12-23(21,22)11-7-10-16(2,3)4)14-8-5-6-9-15(14)17(18,19)20/h5-6,8-9,13H,7,10-12H2,1-4H3/t13-/m0/s1. The lowest BCUT2D eigenvalue weighted by Gasteiger charge is -2.20. The van der Waals surface area contributed by atoms with E-state index in [2.05, 4.69) is 0 Å². The van der Waals surface area contributed by atoms with E-state index in [1.165, 1.54) is 25.1 Å². The van der Waals surface area contributed by atoms with E-state index in [-0.39, 0.29) is 22.5 Å². The Hall–Kier alpha value is -1.04. The largest absolute Gasteiger partial charge is 0.416 e. The van der Waals surface area contributed by atoms with Gasteiger partial charge in [-0.2, -0.15) is 13.2 Å². The van der Waals surface area contributed by atoms with Gasteiger partial charge in [0.2, 0.25) is 0 Å². The van der Waals surface area contributed by atoms with Crippen LogP contribution in [0.1, 0.15) is 57.6 Å². The predicted molar refractivity (Wildman–Crippen MR) is 87.2 cm³/mol. The van der Waals surface area contributed by atoms with Gasteiger partial charge < -0.3 is 0 Å². The van der Waals surface area contributed by atoms with Crippen molar-refractivity contribution in [2.75, 3.05) is 11.5 Å². The average molecular weight is 350 g/mol. The fourth-order valence-corrected chi connectivity index (χ4v) is 4.25. The van der Waals surface area contributed by atoms with Crippen LogP contribution in [-0.4, -0.2) is 19.9 Å². The van der Waals surface area contributed by atoms with Crippen LogP contribution in [0.2, 0.25) is 0 Å². The molecule has 1 aromatic rings. The summed E-state index contributed by atoms with van der Waals surface area (Å²) in [5.74, 6) is -0.931. The SMILES string of the molecule is C[C@@H](CS(=O)(=O)CCCC(C)(C)C)c1ccccc1C(F)(F)F. The molecule has 0 unspecified atom stereocenters. The molecule has 132 valence electrons. The molecule has 0 N–H and O–H groups in total. The molecule has 1 rings (SSSR count). The van der Waals surface area contributed by atoms with E-state index in [9.17, 15) is 21.6 Å². The van der Waals surface area contributed by atoms with Crippen LogP contribution in [0.15, 0.2) is 24.3 Å². The number of hydrogen-bond acceptors (Lipinski definition) is 2. The molecule has 1 atom stereocenters. The highest BCUT2D eigenvalue weighted by atomic mass is 32.2. The van der Waals surface area contributed by atoms with Crippen LogP contribution >= 0.6 is 0 Å². The molecular formula is C17H25F3O2S. The molecule has 0 aliphatic heterocycles. The molecule has 23 heavy (non-hydrogen) atoms. The first-order valence-electron chi connectivity index (χ1n) is 7.68. The third-order valence-corrected chi connectivity index (χ3v) is 5.60. The molecule has 0 spiro atoms. The van der Waals surface area contributed by atoms with E-state index >= 15 is 0 Å². The molecule has 0 aromatic heterocycles. The summed E-state index contributed by atoms with van der Waals surface area (Å²) in [6, 6.07) is 5.18. The second-order valence-corrected chi connectivity index (χ2v) is 9.49. The summed E-state index contributed by atoms with van der Waals surface area (Å²) in [5.41, 5.74) is -0.666. The second-order valence-electron chi connectivity index (χ2n) is 7.26. The first-order chi connectivity index (χ1) is 10.3. The number of sulfone groups is 1. The van der Waals surface area contributed by atoms with Crippen molar-refractivity contribution in [3.05, 3.63) is 35.4 Å². The van der Waals surface area contributed by atoms with Crippen LogP contribution in [0.4, 0.5) is 13.2 Å². The Labute approximate surface area is 137 Å². The number of benzene rings is 1. The molecule has 0 aliphatic carbocycles. The van der Waals surface area contributed by atoms with Crippen LogP contribution in [0.25, 0.3) is 0 Å². The summed E-state index contributed by atoms with van der Waals surface area (Å²) in [7, 11) is -3.38. The molecule has 6 heteroatoms. The van der Waals surface area contributed by atoms with Crippen molar-refractivity contribution in [1.29, 1.82) is 0 Å². The molecule has 0 heterocycles. The minimum Gasteiger partial charge on any atom is -0.229 e. The van der Waals surface area contributed by atoms with E-state index in [4.69, 9.17) is 0 Å². The van der Waals surface area contributed by atoms with Crippen LogP contribution in [-0.2, 0) is 16.0 Å². The maximum absolute atomic E-state index is 13.0. The average Bonchev–Trinajstić information content (AvgIpc) is 2.35. The van der Waals surface area contributed by atoms with Gasteiger partial charge in [-0.1, -0.05) is 45.9 Å². The van der Waals surface area contributed by atoms with Gasteiger partial charge in [0, 0.05) is 0 Å². The van der Waals surface area contributed by atoms with E-state index in [1.807, 2.05) is 20.8 Å². The Kier molecular flexibility index (Phi) is 6.30. The summed E-state index contributed by atoms with van der Waals surface area (Å²) < 4.78 is 63.4. The van der Waals surface area contributed by atoms with Gasteiger partial charge in [0.25, 0.3) is 0 Å². The highest BCUT2D eigenvalue weighted by Crippen LogP contribution is 2.35. The van der Waals surface area contributed by atoms with Crippen LogP contribution in [0.5, 0.6) is 0 Å². The monoisotopic (exact) mass is 350 g/mol. The van der Waals surface area contributed by atoms with E-state index in [0.29, 0.717) is 6.42 Å². The van der Waals surface area contributed by atoms with Gasteiger partial charge in [-0.15, -0.1) is 0 Å². The van der Waals surface area contributed by atoms with Crippen LogP contribution in [0, 0.1) is 5.41 Å². The Bertz CT molecular complexity index is 613. The Morgan fingerprint density at radius 3 is 2.17 bits per heavy atom. The fourth-order valence-electron chi connectivity index (χ4n) is 2.56. The van der Waals surface area contributed by atoms with Crippen molar-refractivity contribution in [3.8, 4) is 0 Å². The first-order valence-corrected chi connectivity index (χ1v) is 9.50. The molecular weight excluding hydrogens is 325 g/mol. The fraction of sp³-hybridized carbons (Fsp3) is 0.647. The number of hydrogen-bond donors (Lipinski definition) is 0. The maximum Gasteiger partial charge on any atom is 0.416 e. The lowest BCUT2D eigenvalue weighted by molar-refractivity contribution is -0.138. The van der Waals surface area contributed by atoms with Crippen molar-refractivity contribution in [2.24, 2.45) is 5.41 Å². The quantitative estimate of drug-likeness (QED) is 0.719. The van der Waals surface area contributed by atoms with Gasteiger partial charge in [0.15, 0.2) is 9.84 Å². The number of alkyl halides is 3. The van der Waals surface area contributed by atoms with Gasteiger partial charge in [-0.25, -0.2) is 8.42 Å². The highest BCUT2D eigenvalue weighted by molar-refractivity contribution is 7.91. The molecule has 0 aliphatic rings. The molecule has 0 radical (unpaired) electrons. The van der Waals surface area contributed by atoms with Crippen molar-refractivity contribution in [1.82, 2.24) is 0 Å². The molecule has 0 saturated heterocycles. The van der Waals surface area contributed by atoms with Gasteiger partial charge in [-0.3, -0.25) is 0 Å². The van der Waals surface area contributed by atoms with Crippen molar-refractivity contribution in [3.63, 3.8) is 0 Å². The summed E-state index contributed by atoms with van der Waals surface area (Å²) in [6.45, 7) is 7.62. The summed E-state index contributed by atoms with van der Waals surface area (Å²) in [5, 5.41) is 0. The smallest absolute Gasteiger partial charge is 0.229 e. The predicted octanol–water partition coefficient (Wildman–Crippen LogP) is 5.05. The molecule has 0 saturated carbocycles.